The number of carbonyl (C=O) groups excluding carboxylic acids is 6. The molecule has 2 aromatic heterocycles. The number of alkyl halides is 3. The third-order valence-electron chi connectivity index (χ3n) is 15.0. The van der Waals surface area contributed by atoms with Gasteiger partial charge in [0.2, 0.25) is 29.4 Å². The first-order chi connectivity index (χ1) is 35.7. The van der Waals surface area contributed by atoms with Crippen molar-refractivity contribution in [3.63, 3.8) is 0 Å². The van der Waals surface area contributed by atoms with Gasteiger partial charge in [0.25, 0.3) is 11.8 Å². The average molecular weight is 1060 g/mol. The topological polar surface area (TPSA) is 242 Å². The zero-order chi connectivity index (χ0) is 54.0. The Morgan fingerprint density at radius 3 is 2.23 bits per heavy atom. The fourth-order valence-electron chi connectivity index (χ4n) is 10.6. The summed E-state index contributed by atoms with van der Waals surface area (Å²) >= 11 is 0. The monoisotopic (exact) mass is 1060 g/mol. The second kappa shape index (κ2) is 25.0. The SMILES string of the molecule is C[C@H]1[C@@H](c2ccc(F)c(F)c2OCCNC(=O)C2CCC(NC(=O)CCCOC3CCC(OCCNC(=O)[C@H]4CC(=O)N(C)[C@@H]4c4cccnc4)CC3)CC2)[C@H](C(=O)Nc2ccnc(C(N)=O)c2)O[C@@]1(C)C(F)(F)F. The molecule has 4 aliphatic rings. The zero-order valence-corrected chi connectivity index (χ0v) is 42.1. The lowest BCUT2D eigenvalue weighted by Gasteiger charge is -2.32. The first kappa shape index (κ1) is 56.4. The van der Waals surface area contributed by atoms with Crippen LogP contribution in [0.5, 0.6) is 5.75 Å². The van der Waals surface area contributed by atoms with Crippen molar-refractivity contribution in [1.29, 1.82) is 0 Å². The van der Waals surface area contributed by atoms with Gasteiger partial charge in [-0.25, -0.2) is 4.39 Å². The molecule has 0 radical (unpaired) electrons. The molecular formula is C52H65F5N8O10. The molecule has 2 saturated heterocycles. The summed E-state index contributed by atoms with van der Waals surface area (Å²) in [6.07, 6.45) is 3.94. The molecule has 408 valence electrons. The predicted molar refractivity (Wildman–Crippen MR) is 259 cm³/mol. The van der Waals surface area contributed by atoms with Crippen molar-refractivity contribution in [1.82, 2.24) is 30.8 Å². The lowest BCUT2D eigenvalue weighted by molar-refractivity contribution is -0.272. The number of ether oxygens (including phenoxy) is 4. The van der Waals surface area contributed by atoms with Gasteiger partial charge in [0.05, 0.1) is 37.3 Å². The molecule has 6 N–H and O–H groups in total. The molecule has 0 spiro atoms. The Balaban J connectivity index is 0.780. The van der Waals surface area contributed by atoms with Crippen molar-refractivity contribution in [2.75, 3.05) is 45.3 Å². The lowest BCUT2D eigenvalue weighted by atomic mass is 9.77. The number of benzene rings is 1. The summed E-state index contributed by atoms with van der Waals surface area (Å²) < 4.78 is 97.1. The van der Waals surface area contributed by atoms with Crippen molar-refractivity contribution in [2.45, 2.75) is 133 Å². The molecule has 7 rings (SSSR count). The molecule has 2 aliphatic carbocycles. The van der Waals surface area contributed by atoms with Gasteiger partial charge in [-0.1, -0.05) is 19.1 Å². The predicted octanol–water partition coefficient (Wildman–Crippen LogP) is 5.56. The largest absolute Gasteiger partial charge is 0.488 e. The van der Waals surface area contributed by atoms with Crippen LogP contribution in [0.1, 0.15) is 118 Å². The first-order valence-electron chi connectivity index (χ1n) is 25.4. The van der Waals surface area contributed by atoms with Gasteiger partial charge in [-0.3, -0.25) is 38.7 Å². The van der Waals surface area contributed by atoms with E-state index in [-0.39, 0.29) is 84.3 Å². The average Bonchev–Trinajstić information content (AvgIpc) is 3.88. The van der Waals surface area contributed by atoms with E-state index in [1.165, 1.54) is 13.0 Å². The van der Waals surface area contributed by atoms with E-state index in [2.05, 4.69) is 31.2 Å². The van der Waals surface area contributed by atoms with Gasteiger partial charge in [-0.05, 0) is 94.5 Å². The number of nitrogens with two attached hydrogens (primary N) is 1. The van der Waals surface area contributed by atoms with Crippen molar-refractivity contribution < 1.29 is 69.7 Å². The van der Waals surface area contributed by atoms with Gasteiger partial charge in [0.1, 0.15) is 18.4 Å². The fraction of sp³-hybridized carbons (Fsp3) is 0.577. The molecule has 0 unspecified atom stereocenters. The van der Waals surface area contributed by atoms with Crippen LogP contribution in [0.2, 0.25) is 0 Å². The van der Waals surface area contributed by atoms with E-state index >= 15 is 4.39 Å². The third kappa shape index (κ3) is 13.8. The molecule has 18 nitrogen and oxygen atoms in total. The highest BCUT2D eigenvalue weighted by atomic mass is 19.4. The Kier molecular flexibility index (Phi) is 18.8. The van der Waals surface area contributed by atoms with E-state index in [4.69, 9.17) is 24.7 Å². The van der Waals surface area contributed by atoms with Gasteiger partial charge in [-0.15, -0.1) is 0 Å². The summed E-state index contributed by atoms with van der Waals surface area (Å²) in [6, 6.07) is 7.29. The van der Waals surface area contributed by atoms with Crippen LogP contribution in [0.4, 0.5) is 27.6 Å². The van der Waals surface area contributed by atoms with E-state index < -0.39 is 77.4 Å². The maximum atomic E-state index is 15.5. The number of anilines is 1. The molecule has 1 aromatic carbocycles. The number of hydrogen-bond donors (Lipinski definition) is 5. The number of nitrogens with zero attached hydrogens (tertiary/aromatic N) is 3. The van der Waals surface area contributed by atoms with Crippen LogP contribution in [-0.4, -0.2) is 126 Å². The molecule has 4 heterocycles. The van der Waals surface area contributed by atoms with Crippen molar-refractivity contribution in [3.05, 3.63) is 83.4 Å². The number of primary amides is 1. The molecular weight excluding hydrogens is 992 g/mol. The quantitative estimate of drug-likeness (QED) is 0.0651. The Bertz CT molecular complexity index is 2510. The van der Waals surface area contributed by atoms with Crippen molar-refractivity contribution in [2.24, 2.45) is 23.5 Å². The van der Waals surface area contributed by atoms with E-state index in [0.29, 0.717) is 57.9 Å². The van der Waals surface area contributed by atoms with E-state index in [1.54, 1.807) is 30.4 Å². The highest BCUT2D eigenvalue weighted by Crippen LogP contribution is 2.55. The molecule has 2 saturated carbocycles. The molecule has 6 atom stereocenters. The Morgan fingerprint density at radius 2 is 1.56 bits per heavy atom. The van der Waals surface area contributed by atoms with Crippen molar-refractivity contribution >= 4 is 41.1 Å². The van der Waals surface area contributed by atoms with Crippen LogP contribution in [0.3, 0.4) is 0 Å². The Labute approximate surface area is 431 Å². The number of rotatable bonds is 21. The standard InChI is InChI=1S/C52H65F5N8O10/c1-29-42(46(75-51(29,2)52(55,56)57)50(71)64-33-18-20-60-39(26-33)47(58)68)36-16-17-38(53)43(54)45(36)74-25-22-61-48(69)30-8-10-32(11-9-30)63-40(66)7-5-23-72-34-12-14-35(15-13-34)73-24-21-62-49(70)37-27-41(67)65(3)44(37)31-6-4-19-59-28-31/h4,6,16-20,26,28-30,32,34-35,37,42,44,46H,5,7-15,21-25,27H2,1-3H3,(H2,58,68)(H,61,69)(H,62,70)(H,63,66)(H,60,64,71)/t29-,30?,32?,34?,35?,37-,42-,44+,46+,51+/m0/s1. The summed E-state index contributed by atoms with van der Waals surface area (Å²) in [5.41, 5.74) is 2.64. The number of hydrogen-bond acceptors (Lipinski definition) is 12. The Morgan fingerprint density at radius 1 is 0.880 bits per heavy atom. The maximum absolute atomic E-state index is 15.5. The highest BCUT2D eigenvalue weighted by Gasteiger charge is 2.66. The van der Waals surface area contributed by atoms with Crippen LogP contribution >= 0.6 is 0 Å². The van der Waals surface area contributed by atoms with Gasteiger partial charge in [0, 0.05) is 86.7 Å². The molecule has 3 aromatic rings. The summed E-state index contributed by atoms with van der Waals surface area (Å²) in [5, 5.41) is 11.1. The second-order valence-electron chi connectivity index (χ2n) is 19.9. The summed E-state index contributed by atoms with van der Waals surface area (Å²) in [5.74, 6) is -10.3. The van der Waals surface area contributed by atoms with Crippen LogP contribution in [-0.2, 0) is 38.2 Å². The fourth-order valence-corrected chi connectivity index (χ4v) is 10.6. The van der Waals surface area contributed by atoms with Gasteiger partial charge >= 0.3 is 6.18 Å². The number of likely N-dealkylation sites (tertiary alicyclic amines) is 1. The second-order valence-corrected chi connectivity index (χ2v) is 19.9. The van der Waals surface area contributed by atoms with Crippen LogP contribution in [0.25, 0.3) is 0 Å². The molecule has 4 fully saturated rings. The van der Waals surface area contributed by atoms with Gasteiger partial charge in [-0.2, -0.15) is 17.6 Å². The number of aromatic nitrogens is 2. The number of amides is 6. The highest BCUT2D eigenvalue weighted by molar-refractivity contribution is 5.97. The molecule has 0 bridgehead atoms. The Hall–Kier alpha value is -6.33. The maximum Gasteiger partial charge on any atom is 0.417 e. The molecule has 23 heteroatoms. The number of nitrogens with one attached hydrogen (secondary N) is 4. The third-order valence-corrected chi connectivity index (χ3v) is 15.0. The number of carbonyl (C=O) groups is 6. The van der Waals surface area contributed by atoms with Crippen LogP contribution < -0.4 is 31.7 Å². The van der Waals surface area contributed by atoms with E-state index in [1.807, 2.05) is 6.07 Å². The van der Waals surface area contributed by atoms with E-state index in [9.17, 15) is 46.3 Å². The smallest absolute Gasteiger partial charge is 0.417 e. The van der Waals surface area contributed by atoms with Crippen LogP contribution in [0.15, 0.2) is 55.0 Å². The minimum atomic E-state index is -5.00. The first-order valence-corrected chi connectivity index (χ1v) is 25.4. The van der Waals surface area contributed by atoms with Gasteiger partial charge in [0.15, 0.2) is 17.2 Å². The summed E-state index contributed by atoms with van der Waals surface area (Å²) in [6.45, 7) is 2.46. The molecule has 6 amide bonds. The normalized spacial score (nSPS) is 26.9. The minimum absolute atomic E-state index is 0.0319. The summed E-state index contributed by atoms with van der Waals surface area (Å²) in [4.78, 5) is 86.2. The summed E-state index contributed by atoms with van der Waals surface area (Å²) in [7, 11) is 1.70. The number of pyridine rings is 2. The van der Waals surface area contributed by atoms with E-state index in [0.717, 1.165) is 56.5 Å². The minimum Gasteiger partial charge on any atom is -0.488 e. The molecule has 2 aliphatic heterocycles. The van der Waals surface area contributed by atoms with Crippen molar-refractivity contribution in [3.8, 4) is 5.75 Å². The van der Waals surface area contributed by atoms with Crippen LogP contribution in [0, 0.1) is 29.4 Å². The zero-order valence-electron chi connectivity index (χ0n) is 42.1. The number of halogens is 5. The van der Waals surface area contributed by atoms with Gasteiger partial charge < -0.3 is 50.8 Å². The molecule has 75 heavy (non-hydrogen) atoms. The lowest BCUT2D eigenvalue weighted by Crippen LogP contribution is -2.47.